The molecule has 3 rings (SSSR count). The van der Waals surface area contributed by atoms with Crippen LogP contribution in [-0.2, 0) is 0 Å². The minimum absolute atomic E-state index is 0.0237. The first kappa shape index (κ1) is 10.8. The van der Waals surface area contributed by atoms with Crippen LogP contribution in [0.15, 0.2) is 28.7 Å². The monoisotopic (exact) mass is 234 g/mol. The molecular formula is C14H15FO2. The van der Waals surface area contributed by atoms with Crippen molar-refractivity contribution in [1.82, 2.24) is 0 Å². The number of halogens is 1. The maximum Gasteiger partial charge on any atom is 0.169 e. The molecule has 1 N–H and O–H groups in total. The van der Waals surface area contributed by atoms with E-state index in [0.29, 0.717) is 5.58 Å². The largest absolute Gasteiger partial charge is 0.458 e. The fraction of sp³-hybridized carbons (Fsp3) is 0.429. The first-order valence-corrected chi connectivity index (χ1v) is 6.12. The van der Waals surface area contributed by atoms with Crippen LogP contribution >= 0.6 is 0 Å². The lowest BCUT2D eigenvalue weighted by Gasteiger charge is -2.25. The number of furan rings is 1. The van der Waals surface area contributed by atoms with Crippen molar-refractivity contribution in [3.8, 4) is 0 Å². The highest BCUT2D eigenvalue weighted by molar-refractivity contribution is 5.78. The van der Waals surface area contributed by atoms with Gasteiger partial charge in [-0.05, 0) is 25.0 Å². The fourth-order valence-corrected chi connectivity index (χ4v) is 2.67. The second-order valence-electron chi connectivity index (χ2n) is 4.77. The second kappa shape index (κ2) is 4.15. The van der Waals surface area contributed by atoms with Gasteiger partial charge >= 0.3 is 0 Å². The number of fused-ring (bicyclic) bond motifs is 1. The molecule has 2 unspecified atom stereocenters. The second-order valence-corrected chi connectivity index (χ2v) is 4.77. The Morgan fingerprint density at radius 2 is 2.06 bits per heavy atom. The molecule has 0 bridgehead atoms. The van der Waals surface area contributed by atoms with Crippen LogP contribution in [0.1, 0.15) is 37.4 Å². The molecule has 2 nitrogen and oxygen atoms in total. The summed E-state index contributed by atoms with van der Waals surface area (Å²) in [5, 5.41) is 10.7. The zero-order valence-corrected chi connectivity index (χ0v) is 9.53. The van der Waals surface area contributed by atoms with Gasteiger partial charge in [-0.15, -0.1) is 0 Å². The molecule has 0 radical (unpaired) electrons. The fourth-order valence-electron chi connectivity index (χ4n) is 2.67. The quantitative estimate of drug-likeness (QED) is 0.818. The molecule has 1 heterocycles. The van der Waals surface area contributed by atoms with Gasteiger partial charge in [-0.2, -0.15) is 0 Å². The molecule has 1 saturated carbocycles. The Morgan fingerprint density at radius 1 is 1.24 bits per heavy atom. The minimum atomic E-state index is -0.354. The Hall–Kier alpha value is -1.35. The Bertz CT molecular complexity index is 532. The van der Waals surface area contributed by atoms with E-state index < -0.39 is 0 Å². The molecule has 1 aliphatic carbocycles. The van der Waals surface area contributed by atoms with E-state index in [1.807, 2.05) is 12.1 Å². The van der Waals surface area contributed by atoms with E-state index in [2.05, 4.69) is 0 Å². The summed E-state index contributed by atoms with van der Waals surface area (Å²) in [5.74, 6) is 0.409. The van der Waals surface area contributed by atoms with Crippen LogP contribution in [0.2, 0.25) is 0 Å². The van der Waals surface area contributed by atoms with E-state index in [1.165, 1.54) is 6.07 Å². The number of aliphatic hydroxyl groups excluding tert-OH is 1. The van der Waals surface area contributed by atoms with Crippen LogP contribution in [0.25, 0.3) is 11.0 Å². The minimum Gasteiger partial charge on any atom is -0.458 e. The van der Waals surface area contributed by atoms with Crippen molar-refractivity contribution in [3.63, 3.8) is 0 Å². The topological polar surface area (TPSA) is 33.4 Å². The van der Waals surface area contributed by atoms with Gasteiger partial charge in [0.05, 0.1) is 6.10 Å². The third-order valence-corrected chi connectivity index (χ3v) is 3.61. The Kier molecular flexibility index (Phi) is 2.63. The normalized spacial score (nSPS) is 25.3. The lowest BCUT2D eigenvalue weighted by Crippen LogP contribution is -2.21. The van der Waals surface area contributed by atoms with Crippen LogP contribution in [0, 0.1) is 5.82 Å². The van der Waals surface area contributed by atoms with Gasteiger partial charge in [-0.3, -0.25) is 0 Å². The molecule has 1 aromatic heterocycles. The molecule has 0 aliphatic heterocycles. The van der Waals surface area contributed by atoms with E-state index >= 15 is 0 Å². The van der Waals surface area contributed by atoms with E-state index in [-0.39, 0.29) is 17.8 Å². The van der Waals surface area contributed by atoms with Crippen molar-refractivity contribution < 1.29 is 13.9 Å². The first-order chi connectivity index (χ1) is 8.25. The van der Waals surface area contributed by atoms with Crippen molar-refractivity contribution in [2.24, 2.45) is 0 Å². The molecule has 1 fully saturated rings. The van der Waals surface area contributed by atoms with Crippen LogP contribution in [0.5, 0.6) is 0 Å². The van der Waals surface area contributed by atoms with Gasteiger partial charge in [0, 0.05) is 11.3 Å². The van der Waals surface area contributed by atoms with Crippen molar-refractivity contribution in [2.45, 2.75) is 37.7 Å². The van der Waals surface area contributed by atoms with Crippen LogP contribution < -0.4 is 0 Å². The summed E-state index contributed by atoms with van der Waals surface area (Å²) in [7, 11) is 0. The van der Waals surface area contributed by atoms with Gasteiger partial charge in [-0.1, -0.05) is 25.0 Å². The van der Waals surface area contributed by atoms with Crippen molar-refractivity contribution in [3.05, 3.63) is 35.8 Å². The summed E-state index contributed by atoms with van der Waals surface area (Å²) in [6, 6.07) is 6.76. The predicted molar refractivity (Wildman–Crippen MR) is 63.4 cm³/mol. The van der Waals surface area contributed by atoms with E-state index in [4.69, 9.17) is 4.42 Å². The number of aliphatic hydroxyl groups is 1. The highest BCUT2D eigenvalue weighted by Crippen LogP contribution is 2.36. The zero-order chi connectivity index (χ0) is 11.8. The molecule has 1 aromatic carbocycles. The van der Waals surface area contributed by atoms with Gasteiger partial charge in [0.1, 0.15) is 5.76 Å². The maximum atomic E-state index is 13.5. The highest BCUT2D eigenvalue weighted by Gasteiger charge is 2.27. The first-order valence-electron chi connectivity index (χ1n) is 6.12. The number of rotatable bonds is 1. The van der Waals surface area contributed by atoms with E-state index in [1.54, 1.807) is 6.07 Å². The molecule has 0 spiro atoms. The van der Waals surface area contributed by atoms with Crippen molar-refractivity contribution >= 4 is 11.0 Å². The van der Waals surface area contributed by atoms with Crippen molar-refractivity contribution in [2.75, 3.05) is 0 Å². The molecule has 2 atom stereocenters. The Balaban J connectivity index is 2.02. The molecule has 2 aromatic rings. The zero-order valence-electron chi connectivity index (χ0n) is 9.53. The van der Waals surface area contributed by atoms with E-state index in [0.717, 1.165) is 36.8 Å². The van der Waals surface area contributed by atoms with Gasteiger partial charge in [-0.25, -0.2) is 4.39 Å². The lowest BCUT2D eigenvalue weighted by molar-refractivity contribution is 0.0972. The Morgan fingerprint density at radius 3 is 2.82 bits per heavy atom. The van der Waals surface area contributed by atoms with Crippen LogP contribution in [-0.4, -0.2) is 11.2 Å². The molecule has 3 heteroatoms. The van der Waals surface area contributed by atoms with Crippen LogP contribution in [0.3, 0.4) is 0 Å². The molecule has 0 saturated heterocycles. The molecule has 17 heavy (non-hydrogen) atoms. The number of para-hydroxylation sites is 1. The molecule has 90 valence electrons. The number of benzene rings is 1. The smallest absolute Gasteiger partial charge is 0.169 e. The summed E-state index contributed by atoms with van der Waals surface area (Å²) in [6.07, 6.45) is 3.53. The predicted octanol–water partition coefficient (Wildman–Crippen LogP) is 3.59. The molecule has 0 amide bonds. The standard InChI is InChI=1S/C14H15FO2/c15-11-6-3-4-9-8-13(17-14(9)11)10-5-1-2-7-12(10)16/h3-4,6,8,10,12,16H,1-2,5,7H2. The summed E-state index contributed by atoms with van der Waals surface area (Å²) >= 11 is 0. The third-order valence-electron chi connectivity index (χ3n) is 3.61. The average molecular weight is 234 g/mol. The molecule has 1 aliphatic rings. The van der Waals surface area contributed by atoms with Gasteiger partial charge in [0.25, 0.3) is 0 Å². The van der Waals surface area contributed by atoms with Gasteiger partial charge in [0.15, 0.2) is 11.4 Å². The maximum absolute atomic E-state index is 13.5. The van der Waals surface area contributed by atoms with Gasteiger partial charge < -0.3 is 9.52 Å². The summed E-state index contributed by atoms with van der Waals surface area (Å²) in [4.78, 5) is 0. The average Bonchev–Trinajstić information content (AvgIpc) is 2.75. The lowest BCUT2D eigenvalue weighted by atomic mass is 9.85. The van der Waals surface area contributed by atoms with Crippen molar-refractivity contribution in [1.29, 1.82) is 0 Å². The summed E-state index contributed by atoms with van der Waals surface area (Å²) in [6.45, 7) is 0. The summed E-state index contributed by atoms with van der Waals surface area (Å²) < 4.78 is 19.1. The SMILES string of the molecule is OC1CCCCC1c1cc2cccc(F)c2o1. The van der Waals surface area contributed by atoms with E-state index in [9.17, 15) is 9.50 Å². The number of hydrogen-bond acceptors (Lipinski definition) is 2. The highest BCUT2D eigenvalue weighted by atomic mass is 19.1. The van der Waals surface area contributed by atoms with Gasteiger partial charge in [0.2, 0.25) is 0 Å². The summed E-state index contributed by atoms with van der Waals surface area (Å²) in [5.41, 5.74) is 0.306. The Labute approximate surface area is 99.1 Å². The van der Waals surface area contributed by atoms with Crippen LogP contribution in [0.4, 0.5) is 4.39 Å². The third kappa shape index (κ3) is 1.84. The number of hydrogen-bond donors (Lipinski definition) is 1. The molecular weight excluding hydrogens is 219 g/mol.